The van der Waals surface area contributed by atoms with Crippen molar-refractivity contribution in [1.82, 2.24) is 19.5 Å². The van der Waals surface area contributed by atoms with Crippen molar-refractivity contribution in [3.63, 3.8) is 0 Å². The lowest BCUT2D eigenvalue weighted by atomic mass is 10.0. The van der Waals surface area contributed by atoms with Crippen LogP contribution in [0.5, 0.6) is 0 Å². The summed E-state index contributed by atoms with van der Waals surface area (Å²) in [5.41, 5.74) is 2.91. The van der Waals surface area contributed by atoms with Crippen molar-refractivity contribution in [3.05, 3.63) is 89.0 Å². The summed E-state index contributed by atoms with van der Waals surface area (Å²) in [6.45, 7) is 2.35. The third-order valence-corrected chi connectivity index (χ3v) is 8.94. The van der Waals surface area contributed by atoms with Gasteiger partial charge in [0.2, 0.25) is 0 Å². The van der Waals surface area contributed by atoms with E-state index < -0.39 is 18.1 Å². The molecule has 2 saturated heterocycles. The van der Waals surface area contributed by atoms with Crippen LogP contribution in [0.1, 0.15) is 50.9 Å². The van der Waals surface area contributed by atoms with E-state index in [0.717, 1.165) is 30.0 Å². The van der Waals surface area contributed by atoms with Gasteiger partial charge in [-0.15, -0.1) is 16.9 Å². The number of likely N-dealkylation sites (tertiary alicyclic amines) is 1. The zero-order valence-electron chi connectivity index (χ0n) is 24.4. The number of thioether (sulfide) groups is 1. The number of hydrogen-bond donors (Lipinski definition) is 0. The van der Waals surface area contributed by atoms with E-state index >= 15 is 0 Å². The average molecular weight is 619 g/mol. The molecule has 3 atom stereocenters. The molecule has 4 aromatic rings. The average Bonchev–Trinajstić information content (AvgIpc) is 3.77. The molecule has 2 aromatic carbocycles. The molecule has 44 heavy (non-hydrogen) atoms. The Bertz CT molecular complexity index is 1730. The Labute approximate surface area is 257 Å². The number of halogens is 2. The summed E-state index contributed by atoms with van der Waals surface area (Å²) in [6.07, 6.45) is 5.00. The Balaban J connectivity index is 1.16. The van der Waals surface area contributed by atoms with Gasteiger partial charge in [-0.25, -0.2) is 28.1 Å². The molecular weight excluding hydrogens is 586 g/mol. The molecule has 0 saturated carbocycles. The Kier molecular flexibility index (Phi) is 8.72. The van der Waals surface area contributed by atoms with Crippen LogP contribution >= 0.6 is 11.8 Å². The molecule has 6 rings (SSSR count). The molecule has 0 radical (unpaired) electrons. The number of carbonyl (C=O) groups is 2. The van der Waals surface area contributed by atoms with Crippen LogP contribution in [0.4, 0.5) is 14.6 Å². The van der Waals surface area contributed by atoms with Crippen molar-refractivity contribution in [2.75, 3.05) is 37.9 Å². The molecule has 228 valence electrons. The van der Waals surface area contributed by atoms with Gasteiger partial charge in [0.1, 0.15) is 17.8 Å². The monoisotopic (exact) mass is 618 g/mol. The van der Waals surface area contributed by atoms with Crippen molar-refractivity contribution < 1.29 is 23.1 Å². The Hall–Kier alpha value is -4.16. The number of alkyl halides is 1. The third-order valence-electron chi connectivity index (χ3n) is 8.13. The van der Waals surface area contributed by atoms with Crippen LogP contribution < -0.4 is 4.90 Å². The van der Waals surface area contributed by atoms with Gasteiger partial charge in [0, 0.05) is 36.5 Å². The fraction of sp³-hybridized carbons (Fsp3) is 0.344. The van der Waals surface area contributed by atoms with Crippen LogP contribution in [0.3, 0.4) is 0 Å². The number of anilines is 1. The number of nitrogens with zero attached hydrogens (tertiary/aromatic N) is 6. The van der Waals surface area contributed by atoms with Gasteiger partial charge in [-0.1, -0.05) is 12.1 Å². The molecule has 12 heteroatoms. The zero-order valence-corrected chi connectivity index (χ0v) is 25.2. The van der Waals surface area contributed by atoms with E-state index in [0.29, 0.717) is 29.1 Å². The molecule has 9 nitrogen and oxygen atoms in total. The minimum atomic E-state index is -1.10. The summed E-state index contributed by atoms with van der Waals surface area (Å²) in [5.74, 6) is -0.648. The summed E-state index contributed by atoms with van der Waals surface area (Å²) in [7, 11) is 1.36. The van der Waals surface area contributed by atoms with Gasteiger partial charge in [0.25, 0.3) is 5.91 Å². The third kappa shape index (κ3) is 6.22. The van der Waals surface area contributed by atoms with E-state index in [2.05, 4.69) is 20.0 Å². The van der Waals surface area contributed by atoms with Crippen molar-refractivity contribution >= 4 is 41.3 Å². The second-order valence-electron chi connectivity index (χ2n) is 11.1. The van der Waals surface area contributed by atoms with Gasteiger partial charge in [-0.2, -0.15) is 0 Å². The number of carbonyl (C=O) groups excluding carboxylic acids is 2. The molecule has 1 amide bonds. The Morgan fingerprint density at radius 1 is 1.16 bits per heavy atom. The van der Waals surface area contributed by atoms with Crippen LogP contribution in [0.15, 0.2) is 70.7 Å². The van der Waals surface area contributed by atoms with Gasteiger partial charge in [0.05, 0.1) is 31.5 Å². The molecule has 2 fully saturated rings. The number of hydrogen-bond acceptors (Lipinski definition) is 8. The lowest BCUT2D eigenvalue weighted by Gasteiger charge is -2.27. The van der Waals surface area contributed by atoms with E-state index in [1.807, 2.05) is 29.4 Å². The number of benzene rings is 2. The first-order valence-electron chi connectivity index (χ1n) is 14.4. The van der Waals surface area contributed by atoms with Gasteiger partial charge in [0.15, 0.2) is 11.3 Å². The second kappa shape index (κ2) is 12.8. The first kappa shape index (κ1) is 29.9. The molecule has 1 unspecified atom stereocenters. The second-order valence-corrected chi connectivity index (χ2v) is 11.9. The highest BCUT2D eigenvalue weighted by molar-refractivity contribution is 7.98. The van der Waals surface area contributed by atoms with Gasteiger partial charge in [-0.05, 0) is 72.8 Å². The molecule has 0 aliphatic carbocycles. The number of esters is 1. The van der Waals surface area contributed by atoms with Crippen molar-refractivity contribution in [2.45, 2.75) is 36.5 Å². The van der Waals surface area contributed by atoms with Crippen molar-refractivity contribution in [3.8, 4) is 0 Å². The molecule has 2 aromatic heterocycles. The summed E-state index contributed by atoms with van der Waals surface area (Å²) >= 11 is 1.49. The molecule has 0 N–H and O–H groups in total. The minimum Gasteiger partial charge on any atom is -0.465 e. The Morgan fingerprint density at radius 3 is 2.84 bits per heavy atom. The molecule has 2 aliphatic heterocycles. The van der Waals surface area contributed by atoms with Gasteiger partial charge in [-0.3, -0.25) is 9.69 Å². The number of rotatable bonds is 8. The predicted molar refractivity (Wildman–Crippen MR) is 165 cm³/mol. The fourth-order valence-electron chi connectivity index (χ4n) is 6.00. The van der Waals surface area contributed by atoms with Crippen LogP contribution in [0.2, 0.25) is 0 Å². The van der Waals surface area contributed by atoms with Gasteiger partial charge >= 0.3 is 5.97 Å². The smallest absolute Gasteiger partial charge is 0.337 e. The topological polar surface area (TPSA) is 92.4 Å². The van der Waals surface area contributed by atoms with Crippen LogP contribution in [0.25, 0.3) is 5.65 Å². The van der Waals surface area contributed by atoms with Crippen LogP contribution in [-0.2, 0) is 11.3 Å². The van der Waals surface area contributed by atoms with Crippen LogP contribution in [0, 0.1) is 11.7 Å². The summed E-state index contributed by atoms with van der Waals surface area (Å²) in [5, 5.41) is 4.67. The van der Waals surface area contributed by atoms with E-state index in [1.54, 1.807) is 30.5 Å². The summed E-state index contributed by atoms with van der Waals surface area (Å²) in [6, 6.07) is 15.0. The van der Waals surface area contributed by atoms with Crippen molar-refractivity contribution in [2.24, 2.45) is 10.9 Å². The summed E-state index contributed by atoms with van der Waals surface area (Å²) < 4.78 is 35.2. The number of aromatic nitrogens is 3. The van der Waals surface area contributed by atoms with E-state index in [1.165, 1.54) is 41.7 Å². The van der Waals surface area contributed by atoms with Gasteiger partial charge < -0.3 is 9.64 Å². The number of ether oxygens (including phenoxy) is 1. The molecule has 4 heterocycles. The zero-order chi connectivity index (χ0) is 30.8. The molecular formula is C32H32F2N6O3S. The summed E-state index contributed by atoms with van der Waals surface area (Å²) in [4.78, 5) is 38.6. The normalized spacial score (nSPS) is 20.6. The number of fused-ring (bicyclic) bond motifs is 1. The fourth-order valence-corrected chi connectivity index (χ4v) is 6.64. The maximum absolute atomic E-state index is 14.8. The predicted octanol–water partition coefficient (Wildman–Crippen LogP) is 5.40. The highest BCUT2D eigenvalue weighted by Crippen LogP contribution is 2.40. The van der Waals surface area contributed by atoms with Crippen LogP contribution in [-0.4, -0.2) is 76.8 Å². The Morgan fingerprint density at radius 2 is 2.02 bits per heavy atom. The number of imidazole rings is 1. The SMILES string of the molecule is COC(=O)c1cccc(CN2CCC(C=NC(=O)c3cnc4ccc(N5C[C@@H](F)C[C@@H]5c5cc(F)ccc5SC)nn34)C2)c1. The van der Waals surface area contributed by atoms with Crippen molar-refractivity contribution in [1.29, 1.82) is 0 Å². The maximum atomic E-state index is 14.8. The minimum absolute atomic E-state index is 0.0918. The standard InChI is InChI=1S/C32H32F2N6O3S/c1-43-32(42)22-5-3-4-20(12-22)17-38-11-10-21(18-38)15-36-31(41)27-16-35-29-8-9-30(37-40(27)29)39-19-24(34)14-26(39)25-13-23(33)6-7-28(25)44-2/h3-9,12-13,15-16,21,24,26H,10-11,14,17-19H2,1-2H3/t21?,24-,26+/m0/s1. The molecule has 0 spiro atoms. The largest absolute Gasteiger partial charge is 0.465 e. The highest BCUT2D eigenvalue weighted by atomic mass is 32.2. The van der Waals surface area contributed by atoms with E-state index in [4.69, 9.17) is 4.74 Å². The number of aliphatic imine (C=N–C) groups is 1. The number of amides is 1. The van der Waals surface area contributed by atoms with E-state index in [9.17, 15) is 18.4 Å². The van der Waals surface area contributed by atoms with E-state index in [-0.39, 0.29) is 36.4 Å². The first-order chi connectivity index (χ1) is 21.3. The molecule has 0 bridgehead atoms. The highest BCUT2D eigenvalue weighted by Gasteiger charge is 2.36. The lowest BCUT2D eigenvalue weighted by molar-refractivity contribution is 0.0600. The number of methoxy groups -OCH3 is 1. The quantitative estimate of drug-likeness (QED) is 0.147. The molecule has 2 aliphatic rings. The lowest BCUT2D eigenvalue weighted by Crippen LogP contribution is -2.26. The first-order valence-corrected chi connectivity index (χ1v) is 15.6. The maximum Gasteiger partial charge on any atom is 0.337 e.